The lowest BCUT2D eigenvalue weighted by Crippen LogP contribution is -2.51. The van der Waals surface area contributed by atoms with Crippen molar-refractivity contribution in [3.63, 3.8) is 0 Å². The number of nitrogens with one attached hydrogen (secondary N) is 1. The molecule has 0 bridgehead atoms. The number of fused-ring (bicyclic) bond motifs is 2. The summed E-state index contributed by atoms with van der Waals surface area (Å²) in [5.41, 5.74) is 2.22. The topological polar surface area (TPSA) is 99.2 Å². The Balaban J connectivity index is 1.68. The molecule has 0 saturated carbocycles. The summed E-state index contributed by atoms with van der Waals surface area (Å²) in [4.78, 5) is 42.0. The number of halogens is 1. The minimum absolute atomic E-state index is 0.0474. The van der Waals surface area contributed by atoms with Gasteiger partial charge in [0.25, 0.3) is 0 Å². The number of carbonyl (C=O) groups excluding carboxylic acids is 2. The molecule has 2 N–H and O–H groups in total. The molecule has 0 radical (unpaired) electrons. The molecule has 3 aromatic rings. The van der Waals surface area contributed by atoms with Gasteiger partial charge in [-0.15, -0.1) is 0 Å². The fourth-order valence-corrected chi connectivity index (χ4v) is 5.97. The third-order valence-corrected chi connectivity index (χ3v) is 8.34. The fraction of sp³-hybridized carbons (Fsp3) is 0.387. The van der Waals surface area contributed by atoms with Crippen LogP contribution >= 0.6 is 15.9 Å². The maximum absolute atomic E-state index is 14.1. The number of ether oxygens (including phenoxy) is 1. The molecule has 4 rings (SSSR count). The quantitative estimate of drug-likeness (QED) is 0.343. The molecule has 3 aromatic carbocycles. The minimum atomic E-state index is -1.10. The zero-order valence-corrected chi connectivity index (χ0v) is 25.1. The predicted molar refractivity (Wildman–Crippen MR) is 160 cm³/mol. The van der Waals surface area contributed by atoms with Crippen LogP contribution in [-0.2, 0) is 22.6 Å². The van der Waals surface area contributed by atoms with Gasteiger partial charge in [0, 0.05) is 35.2 Å². The summed E-state index contributed by atoms with van der Waals surface area (Å²) in [6.45, 7) is 5.95. The lowest BCUT2D eigenvalue weighted by molar-refractivity contribution is -0.128. The van der Waals surface area contributed by atoms with Crippen LogP contribution in [-0.4, -0.2) is 54.2 Å². The van der Waals surface area contributed by atoms with Crippen LogP contribution in [0.15, 0.2) is 59.1 Å². The van der Waals surface area contributed by atoms with Gasteiger partial charge in [0.05, 0.1) is 13.7 Å². The zero-order chi connectivity index (χ0) is 29.2. The van der Waals surface area contributed by atoms with E-state index in [2.05, 4.69) is 21.2 Å². The van der Waals surface area contributed by atoms with Gasteiger partial charge in [0.15, 0.2) is 0 Å². The molecule has 1 aliphatic rings. The number of hydrogen-bond donors (Lipinski definition) is 2. The molecule has 8 nitrogen and oxygen atoms in total. The van der Waals surface area contributed by atoms with Crippen molar-refractivity contribution >= 4 is 50.3 Å². The van der Waals surface area contributed by atoms with Crippen molar-refractivity contribution in [3.8, 4) is 5.75 Å². The van der Waals surface area contributed by atoms with Crippen molar-refractivity contribution in [2.45, 2.75) is 58.7 Å². The molecule has 2 atom stereocenters. The molecule has 0 spiro atoms. The lowest BCUT2D eigenvalue weighted by atomic mass is 9.83. The Bertz CT molecular complexity index is 1430. The van der Waals surface area contributed by atoms with E-state index in [9.17, 15) is 19.5 Å². The van der Waals surface area contributed by atoms with E-state index in [1.54, 1.807) is 12.0 Å². The van der Waals surface area contributed by atoms with Gasteiger partial charge in [0.2, 0.25) is 11.8 Å². The second-order valence-electron chi connectivity index (χ2n) is 11.3. The van der Waals surface area contributed by atoms with Gasteiger partial charge < -0.3 is 25.0 Å². The van der Waals surface area contributed by atoms with Crippen molar-refractivity contribution in [1.82, 2.24) is 10.2 Å². The standard InChI is InChI=1S/C31H36BrN3O5/c1-31(2,3)27(34(4)30(38)39)17-28(36)33-24-15-13-19-9-6-7-12-25(19)35(29(24)37)18-22-20-10-8-11-23(32)21(20)14-16-26(22)40-5/h6-12,14,16,24,27H,13,15,17-18H2,1-5H3,(H,33,36)(H,38,39)/t24-,27-/m0/s1. The summed E-state index contributed by atoms with van der Waals surface area (Å²) in [7, 11) is 3.08. The molecule has 0 aliphatic carbocycles. The number of rotatable bonds is 7. The van der Waals surface area contributed by atoms with E-state index in [0.717, 1.165) is 32.1 Å². The average molecular weight is 611 g/mol. The molecule has 0 aromatic heterocycles. The van der Waals surface area contributed by atoms with Crippen molar-refractivity contribution < 1.29 is 24.2 Å². The third kappa shape index (κ3) is 6.09. The van der Waals surface area contributed by atoms with Gasteiger partial charge in [-0.1, -0.05) is 67.0 Å². The Kier molecular flexibility index (Phi) is 8.73. The first kappa shape index (κ1) is 29.4. The Morgan fingerprint density at radius 1 is 1.12 bits per heavy atom. The highest BCUT2D eigenvalue weighted by molar-refractivity contribution is 9.10. The van der Waals surface area contributed by atoms with Crippen molar-refractivity contribution in [1.29, 1.82) is 0 Å². The second kappa shape index (κ2) is 11.9. The predicted octanol–water partition coefficient (Wildman–Crippen LogP) is 5.99. The molecule has 9 heteroatoms. The maximum atomic E-state index is 14.1. The van der Waals surface area contributed by atoms with Gasteiger partial charge in [-0.3, -0.25) is 9.59 Å². The maximum Gasteiger partial charge on any atom is 0.407 e. The Morgan fingerprint density at radius 3 is 2.52 bits per heavy atom. The van der Waals surface area contributed by atoms with E-state index in [0.29, 0.717) is 18.6 Å². The highest BCUT2D eigenvalue weighted by Crippen LogP contribution is 2.36. The number of amides is 3. The smallest absolute Gasteiger partial charge is 0.407 e. The lowest BCUT2D eigenvalue weighted by Gasteiger charge is -2.36. The fourth-order valence-electron chi connectivity index (χ4n) is 5.47. The second-order valence-corrected chi connectivity index (χ2v) is 12.1. The molecule has 0 unspecified atom stereocenters. The van der Waals surface area contributed by atoms with Crippen LogP contribution in [0.1, 0.15) is 44.7 Å². The third-order valence-electron chi connectivity index (χ3n) is 7.64. The molecule has 1 aliphatic heterocycles. The van der Waals surface area contributed by atoms with Gasteiger partial charge in [0.1, 0.15) is 11.8 Å². The van der Waals surface area contributed by atoms with Crippen molar-refractivity contribution in [2.24, 2.45) is 5.41 Å². The molecular weight excluding hydrogens is 574 g/mol. The minimum Gasteiger partial charge on any atom is -0.496 e. The van der Waals surface area contributed by atoms with Crippen LogP contribution in [0.2, 0.25) is 0 Å². The number of benzene rings is 3. The summed E-state index contributed by atoms with van der Waals surface area (Å²) >= 11 is 3.63. The molecule has 0 saturated heterocycles. The highest BCUT2D eigenvalue weighted by Gasteiger charge is 2.36. The number of nitrogens with zero attached hydrogens (tertiary/aromatic N) is 2. The molecule has 40 heavy (non-hydrogen) atoms. The number of hydrogen-bond acceptors (Lipinski definition) is 4. The first-order valence-electron chi connectivity index (χ1n) is 13.3. The van der Waals surface area contributed by atoms with Crippen LogP contribution < -0.4 is 15.0 Å². The number of para-hydroxylation sites is 1. The largest absolute Gasteiger partial charge is 0.496 e. The number of carbonyl (C=O) groups is 3. The van der Waals surface area contributed by atoms with Crippen LogP contribution in [0.4, 0.5) is 10.5 Å². The van der Waals surface area contributed by atoms with Crippen LogP contribution in [0.5, 0.6) is 5.75 Å². The van der Waals surface area contributed by atoms with Crippen molar-refractivity contribution in [2.75, 3.05) is 19.1 Å². The highest BCUT2D eigenvalue weighted by atomic mass is 79.9. The summed E-state index contributed by atoms with van der Waals surface area (Å²) in [6.07, 6.45) is -0.103. The monoisotopic (exact) mass is 609 g/mol. The normalized spacial score (nSPS) is 16.2. The Hall–Kier alpha value is -3.59. The number of methoxy groups -OCH3 is 1. The van der Waals surface area contributed by atoms with E-state index < -0.39 is 23.6 Å². The number of carboxylic acid groups (broad SMARTS) is 1. The SMILES string of the molecule is COc1ccc2c(Br)cccc2c1CN1C(=O)[C@@H](NC(=O)C[C@H](N(C)C(=O)O)C(C)(C)C)CCc2ccccc21. The van der Waals surface area contributed by atoms with E-state index in [-0.39, 0.29) is 24.8 Å². The van der Waals surface area contributed by atoms with Crippen LogP contribution in [0.3, 0.4) is 0 Å². The molecule has 3 amide bonds. The molecule has 0 fully saturated rings. The van der Waals surface area contributed by atoms with Gasteiger partial charge >= 0.3 is 6.09 Å². The van der Waals surface area contributed by atoms with Gasteiger partial charge in [-0.2, -0.15) is 0 Å². The van der Waals surface area contributed by atoms with E-state index in [1.165, 1.54) is 11.9 Å². The van der Waals surface area contributed by atoms with Crippen molar-refractivity contribution in [3.05, 3.63) is 70.2 Å². The Labute approximate surface area is 243 Å². The molecule has 212 valence electrons. The van der Waals surface area contributed by atoms with Crippen LogP contribution in [0.25, 0.3) is 10.8 Å². The first-order valence-corrected chi connectivity index (χ1v) is 14.1. The number of aryl methyl sites for hydroxylation is 1. The zero-order valence-electron chi connectivity index (χ0n) is 23.5. The average Bonchev–Trinajstić information content (AvgIpc) is 3.03. The van der Waals surface area contributed by atoms with E-state index in [4.69, 9.17) is 4.74 Å². The summed E-state index contributed by atoms with van der Waals surface area (Å²) < 4.78 is 6.67. The first-order chi connectivity index (χ1) is 18.9. The molecule has 1 heterocycles. The van der Waals surface area contributed by atoms with Gasteiger partial charge in [-0.25, -0.2) is 4.79 Å². The van der Waals surface area contributed by atoms with E-state index >= 15 is 0 Å². The molecular formula is C31H36BrN3O5. The van der Waals surface area contributed by atoms with E-state index in [1.807, 2.05) is 75.4 Å². The van der Waals surface area contributed by atoms with Crippen LogP contribution in [0, 0.1) is 5.41 Å². The Morgan fingerprint density at radius 2 is 1.85 bits per heavy atom. The van der Waals surface area contributed by atoms with Gasteiger partial charge in [-0.05, 0) is 58.9 Å². The number of anilines is 1. The summed E-state index contributed by atoms with van der Waals surface area (Å²) in [5.74, 6) is 0.0978. The summed E-state index contributed by atoms with van der Waals surface area (Å²) in [5, 5.41) is 14.5. The summed E-state index contributed by atoms with van der Waals surface area (Å²) in [6, 6.07) is 16.3.